The zero-order chi connectivity index (χ0) is 11.7. The molecule has 1 aromatic carbocycles. The minimum atomic E-state index is 0.660. The summed E-state index contributed by atoms with van der Waals surface area (Å²) in [6.07, 6.45) is 3.52. The fourth-order valence-corrected chi connectivity index (χ4v) is 1.95. The summed E-state index contributed by atoms with van der Waals surface area (Å²) in [5.74, 6) is 1.79. The highest BCUT2D eigenvalue weighted by Crippen LogP contribution is 2.15. The zero-order valence-electron chi connectivity index (χ0n) is 9.54. The van der Waals surface area contributed by atoms with Crippen LogP contribution in [0.4, 0.5) is 0 Å². The van der Waals surface area contributed by atoms with Gasteiger partial charge < -0.3 is 4.57 Å². The molecular weight excluding hydrogens is 212 g/mol. The number of aryl methyl sites for hydroxylation is 1. The van der Waals surface area contributed by atoms with Crippen molar-refractivity contribution in [2.75, 3.05) is 0 Å². The minimum Gasteiger partial charge on any atom is -0.320 e. The van der Waals surface area contributed by atoms with Gasteiger partial charge >= 0.3 is 0 Å². The predicted molar refractivity (Wildman–Crippen MR) is 65.6 cm³/mol. The molecule has 4 nitrogen and oxygen atoms in total. The molecular formula is C13H12N4. The van der Waals surface area contributed by atoms with Crippen molar-refractivity contribution in [1.82, 2.24) is 19.5 Å². The maximum atomic E-state index is 4.52. The molecule has 0 saturated heterocycles. The molecule has 2 aromatic heterocycles. The lowest BCUT2D eigenvalue weighted by Gasteiger charge is -2.04. The van der Waals surface area contributed by atoms with Crippen molar-refractivity contribution in [2.24, 2.45) is 0 Å². The van der Waals surface area contributed by atoms with Gasteiger partial charge in [0.25, 0.3) is 0 Å². The minimum absolute atomic E-state index is 0.660. The van der Waals surface area contributed by atoms with Crippen molar-refractivity contribution in [3.05, 3.63) is 54.4 Å². The van der Waals surface area contributed by atoms with Gasteiger partial charge in [-0.1, -0.05) is 12.1 Å². The van der Waals surface area contributed by atoms with Gasteiger partial charge in [0.1, 0.15) is 11.6 Å². The van der Waals surface area contributed by atoms with E-state index in [1.807, 2.05) is 31.2 Å². The molecule has 3 rings (SSSR count). The lowest BCUT2D eigenvalue weighted by molar-refractivity contribution is 0.737. The molecule has 17 heavy (non-hydrogen) atoms. The van der Waals surface area contributed by atoms with E-state index in [4.69, 9.17) is 0 Å². The second kappa shape index (κ2) is 3.97. The number of hydrogen-bond acceptors (Lipinski definition) is 3. The second-order valence-electron chi connectivity index (χ2n) is 3.90. The number of rotatable bonds is 2. The van der Waals surface area contributed by atoms with E-state index in [1.54, 1.807) is 12.4 Å². The fraction of sp³-hybridized carbons (Fsp3) is 0.154. The molecule has 84 valence electrons. The highest BCUT2D eigenvalue weighted by atomic mass is 15.1. The lowest BCUT2D eigenvalue weighted by atomic mass is 10.3. The highest BCUT2D eigenvalue weighted by molar-refractivity contribution is 5.75. The Morgan fingerprint density at radius 2 is 1.82 bits per heavy atom. The molecule has 0 aliphatic heterocycles. The van der Waals surface area contributed by atoms with Crippen LogP contribution in [0.2, 0.25) is 0 Å². The van der Waals surface area contributed by atoms with Gasteiger partial charge in [-0.25, -0.2) is 15.0 Å². The van der Waals surface area contributed by atoms with Gasteiger partial charge in [-0.05, 0) is 25.1 Å². The molecule has 0 N–H and O–H groups in total. The number of fused-ring (bicyclic) bond motifs is 1. The molecule has 0 atom stereocenters. The normalized spacial score (nSPS) is 10.9. The maximum absolute atomic E-state index is 4.52. The SMILES string of the molecule is Cc1nc2ccccc2n1Cc1ncccn1. The van der Waals surface area contributed by atoms with Crippen molar-refractivity contribution in [3.63, 3.8) is 0 Å². The van der Waals surface area contributed by atoms with Crippen LogP contribution in [-0.4, -0.2) is 19.5 Å². The van der Waals surface area contributed by atoms with Gasteiger partial charge in [-0.2, -0.15) is 0 Å². The van der Waals surface area contributed by atoms with Crippen molar-refractivity contribution >= 4 is 11.0 Å². The Labute approximate surface area is 99.0 Å². The average Bonchev–Trinajstić information content (AvgIpc) is 2.68. The molecule has 3 aromatic rings. The predicted octanol–water partition coefficient (Wildman–Crippen LogP) is 2.18. The number of hydrogen-bond donors (Lipinski definition) is 0. The summed E-state index contributed by atoms with van der Waals surface area (Å²) in [6, 6.07) is 9.93. The van der Waals surface area contributed by atoms with Crippen LogP contribution in [-0.2, 0) is 6.54 Å². The molecule has 0 aliphatic rings. The first kappa shape index (κ1) is 9.96. The number of nitrogens with zero attached hydrogens (tertiary/aromatic N) is 4. The van der Waals surface area contributed by atoms with Gasteiger partial charge in [0, 0.05) is 12.4 Å². The van der Waals surface area contributed by atoms with Gasteiger partial charge in [-0.3, -0.25) is 0 Å². The molecule has 0 unspecified atom stereocenters. The lowest BCUT2D eigenvalue weighted by Crippen LogP contribution is -2.05. The summed E-state index contributed by atoms with van der Waals surface area (Å²) < 4.78 is 2.13. The zero-order valence-corrected chi connectivity index (χ0v) is 9.54. The van der Waals surface area contributed by atoms with E-state index in [1.165, 1.54) is 0 Å². The van der Waals surface area contributed by atoms with Crippen molar-refractivity contribution in [1.29, 1.82) is 0 Å². The van der Waals surface area contributed by atoms with Crippen LogP contribution < -0.4 is 0 Å². The van der Waals surface area contributed by atoms with Crippen LogP contribution in [0.15, 0.2) is 42.7 Å². The molecule has 0 radical (unpaired) electrons. The van der Waals surface area contributed by atoms with Crippen LogP contribution in [0, 0.1) is 6.92 Å². The Balaban J connectivity index is 2.08. The van der Waals surface area contributed by atoms with Gasteiger partial charge in [-0.15, -0.1) is 0 Å². The topological polar surface area (TPSA) is 43.6 Å². The van der Waals surface area contributed by atoms with Crippen LogP contribution in [0.5, 0.6) is 0 Å². The van der Waals surface area contributed by atoms with E-state index in [9.17, 15) is 0 Å². The largest absolute Gasteiger partial charge is 0.320 e. The summed E-state index contributed by atoms with van der Waals surface area (Å²) in [5, 5.41) is 0. The van der Waals surface area contributed by atoms with Crippen LogP contribution in [0.25, 0.3) is 11.0 Å². The van der Waals surface area contributed by atoms with Crippen molar-refractivity contribution in [2.45, 2.75) is 13.5 Å². The van der Waals surface area contributed by atoms with E-state index in [0.29, 0.717) is 6.54 Å². The first-order chi connectivity index (χ1) is 8.34. The molecule has 2 heterocycles. The van der Waals surface area contributed by atoms with Gasteiger partial charge in [0.15, 0.2) is 0 Å². The summed E-state index contributed by atoms with van der Waals surface area (Å²) in [7, 11) is 0. The quantitative estimate of drug-likeness (QED) is 0.670. The van der Waals surface area contributed by atoms with E-state index in [-0.39, 0.29) is 0 Å². The Kier molecular flexibility index (Phi) is 2.33. The maximum Gasteiger partial charge on any atom is 0.147 e. The van der Waals surface area contributed by atoms with E-state index < -0.39 is 0 Å². The van der Waals surface area contributed by atoms with E-state index in [0.717, 1.165) is 22.7 Å². The summed E-state index contributed by atoms with van der Waals surface area (Å²) >= 11 is 0. The van der Waals surface area contributed by atoms with E-state index in [2.05, 4.69) is 25.6 Å². The fourth-order valence-electron chi connectivity index (χ4n) is 1.95. The molecule has 0 fully saturated rings. The molecule has 0 saturated carbocycles. The Morgan fingerprint density at radius 3 is 2.65 bits per heavy atom. The third kappa shape index (κ3) is 1.78. The number of imidazole rings is 1. The molecule has 4 heteroatoms. The Bertz CT molecular complexity index is 643. The van der Waals surface area contributed by atoms with Gasteiger partial charge in [0.05, 0.1) is 17.6 Å². The molecule has 0 amide bonds. The van der Waals surface area contributed by atoms with Crippen molar-refractivity contribution < 1.29 is 0 Å². The van der Waals surface area contributed by atoms with E-state index >= 15 is 0 Å². The first-order valence-corrected chi connectivity index (χ1v) is 5.52. The first-order valence-electron chi connectivity index (χ1n) is 5.52. The third-order valence-electron chi connectivity index (χ3n) is 2.76. The Hall–Kier alpha value is -2.23. The summed E-state index contributed by atoms with van der Waals surface area (Å²) in [5.41, 5.74) is 2.14. The molecule has 0 aliphatic carbocycles. The van der Waals surface area contributed by atoms with Crippen molar-refractivity contribution in [3.8, 4) is 0 Å². The summed E-state index contributed by atoms with van der Waals surface area (Å²) in [4.78, 5) is 13.0. The Morgan fingerprint density at radius 1 is 1.06 bits per heavy atom. The van der Waals surface area contributed by atoms with Gasteiger partial charge in [0.2, 0.25) is 0 Å². The molecule has 0 spiro atoms. The van der Waals surface area contributed by atoms with Crippen LogP contribution >= 0.6 is 0 Å². The monoisotopic (exact) mass is 224 g/mol. The molecule has 0 bridgehead atoms. The highest BCUT2D eigenvalue weighted by Gasteiger charge is 2.07. The van der Waals surface area contributed by atoms with Crippen LogP contribution in [0.3, 0.4) is 0 Å². The second-order valence-corrected chi connectivity index (χ2v) is 3.90. The number of aromatic nitrogens is 4. The third-order valence-corrected chi connectivity index (χ3v) is 2.76. The smallest absolute Gasteiger partial charge is 0.147 e. The van der Waals surface area contributed by atoms with Crippen LogP contribution in [0.1, 0.15) is 11.6 Å². The number of para-hydroxylation sites is 2. The summed E-state index contributed by atoms with van der Waals surface area (Å²) in [6.45, 7) is 2.66. The standard InChI is InChI=1S/C13H12N4/c1-10-16-11-5-2-3-6-12(11)17(10)9-13-14-7-4-8-15-13/h2-8H,9H2,1H3. The average molecular weight is 224 g/mol. The number of benzene rings is 1.